The molecule has 1 aromatic carbocycles. The molecule has 0 atom stereocenters. The summed E-state index contributed by atoms with van der Waals surface area (Å²) in [6.45, 7) is 0.0983. The van der Waals surface area contributed by atoms with E-state index >= 15 is 0 Å². The van der Waals surface area contributed by atoms with Crippen molar-refractivity contribution >= 4 is 0 Å². The van der Waals surface area contributed by atoms with E-state index in [9.17, 15) is 13.2 Å². The van der Waals surface area contributed by atoms with Crippen molar-refractivity contribution in [2.45, 2.75) is 12.7 Å². The minimum Gasteiger partial charge on any atom is -0.454 e. The van der Waals surface area contributed by atoms with Crippen LogP contribution >= 0.6 is 0 Å². The lowest BCUT2D eigenvalue weighted by Gasteiger charge is -2.13. The number of fused-ring (bicyclic) bond motifs is 1. The molecule has 1 N–H and O–H groups in total. The molecule has 1 heterocycles. The van der Waals surface area contributed by atoms with Gasteiger partial charge in [0.15, 0.2) is 11.5 Å². The van der Waals surface area contributed by atoms with Crippen molar-refractivity contribution in [3.63, 3.8) is 0 Å². The van der Waals surface area contributed by atoms with E-state index in [1.54, 1.807) is 7.05 Å². The normalized spacial score (nSPS) is 14.2. The van der Waals surface area contributed by atoms with Crippen LogP contribution in [0.2, 0.25) is 0 Å². The minimum absolute atomic E-state index is 0.0321. The Bertz CT molecular complexity index is 404. The van der Waals surface area contributed by atoms with Crippen molar-refractivity contribution in [2.24, 2.45) is 0 Å². The smallest absolute Gasteiger partial charge is 0.416 e. The zero-order chi connectivity index (χ0) is 11.8. The standard InChI is InChI=1S/C10H10F3NO2/c1-14-4-6-2-8-9(16-5-15-8)3-7(6)10(11,12)13/h2-3,14H,4-5H2,1H3. The van der Waals surface area contributed by atoms with Gasteiger partial charge in [-0.3, -0.25) is 0 Å². The van der Waals surface area contributed by atoms with E-state index in [1.807, 2.05) is 0 Å². The second-order valence-electron chi connectivity index (χ2n) is 3.39. The first-order chi connectivity index (χ1) is 7.52. The molecule has 0 fully saturated rings. The van der Waals surface area contributed by atoms with E-state index in [2.05, 4.69) is 5.32 Å². The Balaban J connectivity index is 2.49. The molecular formula is C10H10F3NO2. The first-order valence-electron chi connectivity index (χ1n) is 4.66. The second-order valence-corrected chi connectivity index (χ2v) is 3.39. The number of hydrogen-bond acceptors (Lipinski definition) is 3. The maximum absolute atomic E-state index is 12.7. The number of halogens is 3. The number of ether oxygens (including phenoxy) is 2. The van der Waals surface area contributed by atoms with Crippen molar-refractivity contribution in [2.75, 3.05) is 13.8 Å². The zero-order valence-corrected chi connectivity index (χ0v) is 8.52. The monoisotopic (exact) mass is 233 g/mol. The van der Waals surface area contributed by atoms with Crippen LogP contribution in [-0.4, -0.2) is 13.8 Å². The molecule has 2 rings (SSSR count). The molecule has 0 aromatic heterocycles. The molecule has 3 nitrogen and oxygen atoms in total. The Labute approximate surface area is 90.2 Å². The largest absolute Gasteiger partial charge is 0.454 e. The van der Waals surface area contributed by atoms with Gasteiger partial charge in [-0.05, 0) is 24.7 Å². The number of benzene rings is 1. The van der Waals surface area contributed by atoms with Crippen LogP contribution in [0.4, 0.5) is 13.2 Å². The molecule has 0 bridgehead atoms. The molecular weight excluding hydrogens is 223 g/mol. The Morgan fingerprint density at radius 1 is 1.25 bits per heavy atom. The van der Waals surface area contributed by atoms with E-state index in [1.165, 1.54) is 6.07 Å². The van der Waals surface area contributed by atoms with E-state index in [0.29, 0.717) is 5.75 Å². The molecule has 0 spiro atoms. The summed E-state index contributed by atoms with van der Waals surface area (Å²) in [6.07, 6.45) is -4.38. The van der Waals surface area contributed by atoms with Gasteiger partial charge in [-0.1, -0.05) is 0 Å². The van der Waals surface area contributed by atoms with E-state index < -0.39 is 11.7 Å². The lowest BCUT2D eigenvalue weighted by atomic mass is 10.1. The summed E-state index contributed by atoms with van der Waals surface area (Å²) < 4.78 is 48.1. The second kappa shape index (κ2) is 3.86. The molecule has 0 aliphatic carbocycles. The Hall–Kier alpha value is -1.43. The van der Waals surface area contributed by atoms with Crippen LogP contribution in [0.1, 0.15) is 11.1 Å². The predicted molar refractivity (Wildman–Crippen MR) is 50.3 cm³/mol. The fourth-order valence-electron chi connectivity index (χ4n) is 1.58. The van der Waals surface area contributed by atoms with Crippen molar-refractivity contribution in [1.29, 1.82) is 0 Å². The summed E-state index contributed by atoms with van der Waals surface area (Å²) in [5.41, 5.74) is -0.537. The number of alkyl halides is 3. The number of rotatable bonds is 2. The lowest BCUT2D eigenvalue weighted by molar-refractivity contribution is -0.138. The molecule has 0 amide bonds. The fourth-order valence-corrected chi connectivity index (χ4v) is 1.58. The van der Waals surface area contributed by atoms with Crippen LogP contribution in [0.25, 0.3) is 0 Å². The SMILES string of the molecule is CNCc1cc2c(cc1C(F)(F)F)OCO2. The first-order valence-corrected chi connectivity index (χ1v) is 4.66. The third kappa shape index (κ3) is 1.92. The molecule has 88 valence electrons. The zero-order valence-electron chi connectivity index (χ0n) is 8.52. The van der Waals surface area contributed by atoms with E-state index in [0.717, 1.165) is 6.07 Å². The molecule has 1 aliphatic rings. The van der Waals surface area contributed by atoms with E-state index in [-0.39, 0.29) is 24.7 Å². The van der Waals surface area contributed by atoms with Gasteiger partial charge in [0.25, 0.3) is 0 Å². The molecule has 0 unspecified atom stereocenters. The van der Waals surface area contributed by atoms with Gasteiger partial charge in [-0.15, -0.1) is 0 Å². The van der Waals surface area contributed by atoms with Crippen molar-refractivity contribution < 1.29 is 22.6 Å². The third-order valence-corrected chi connectivity index (χ3v) is 2.27. The molecule has 0 radical (unpaired) electrons. The summed E-state index contributed by atoms with van der Waals surface area (Å²) in [5, 5.41) is 2.69. The maximum Gasteiger partial charge on any atom is 0.416 e. The van der Waals surface area contributed by atoms with Gasteiger partial charge < -0.3 is 14.8 Å². The van der Waals surface area contributed by atoms with Crippen molar-refractivity contribution in [3.05, 3.63) is 23.3 Å². The molecule has 1 aromatic rings. The highest BCUT2D eigenvalue weighted by Crippen LogP contribution is 2.41. The minimum atomic E-state index is -4.38. The summed E-state index contributed by atoms with van der Waals surface area (Å²) in [5.74, 6) is 0.505. The highest BCUT2D eigenvalue weighted by molar-refractivity contribution is 5.49. The topological polar surface area (TPSA) is 30.5 Å². The fraction of sp³-hybridized carbons (Fsp3) is 0.400. The van der Waals surface area contributed by atoms with Crippen LogP contribution in [0, 0.1) is 0 Å². The highest BCUT2D eigenvalue weighted by Gasteiger charge is 2.35. The quantitative estimate of drug-likeness (QED) is 0.849. The van der Waals surface area contributed by atoms with Crippen LogP contribution in [-0.2, 0) is 12.7 Å². The van der Waals surface area contributed by atoms with Gasteiger partial charge in [0.05, 0.1) is 5.56 Å². The molecule has 6 heteroatoms. The Kier molecular flexibility index (Phi) is 2.67. The Morgan fingerprint density at radius 3 is 2.44 bits per heavy atom. The van der Waals surface area contributed by atoms with Crippen molar-refractivity contribution in [3.8, 4) is 11.5 Å². The van der Waals surface area contributed by atoms with Gasteiger partial charge in [0.2, 0.25) is 6.79 Å². The molecule has 1 aliphatic heterocycles. The van der Waals surface area contributed by atoms with E-state index in [4.69, 9.17) is 9.47 Å². The molecule has 0 saturated carbocycles. The van der Waals surface area contributed by atoms with Gasteiger partial charge >= 0.3 is 6.18 Å². The molecule has 16 heavy (non-hydrogen) atoms. The summed E-state index contributed by atoms with van der Waals surface area (Å²) in [6, 6.07) is 2.34. The average molecular weight is 233 g/mol. The van der Waals surface area contributed by atoms with Gasteiger partial charge in [0, 0.05) is 6.54 Å². The molecule has 0 saturated heterocycles. The van der Waals surface area contributed by atoms with Crippen molar-refractivity contribution in [1.82, 2.24) is 5.32 Å². The van der Waals surface area contributed by atoms with Crippen LogP contribution in [0.3, 0.4) is 0 Å². The van der Waals surface area contributed by atoms with Crippen LogP contribution in [0.5, 0.6) is 11.5 Å². The average Bonchev–Trinajstić information content (AvgIpc) is 2.62. The first kappa shape index (κ1) is 11.1. The van der Waals surface area contributed by atoms with Crippen LogP contribution < -0.4 is 14.8 Å². The predicted octanol–water partition coefficient (Wildman–Crippen LogP) is 2.15. The van der Waals surface area contributed by atoms with Gasteiger partial charge in [-0.25, -0.2) is 0 Å². The highest BCUT2D eigenvalue weighted by atomic mass is 19.4. The van der Waals surface area contributed by atoms with Gasteiger partial charge in [0.1, 0.15) is 0 Å². The Morgan fingerprint density at radius 2 is 1.88 bits per heavy atom. The number of nitrogens with one attached hydrogen (secondary N) is 1. The summed E-state index contributed by atoms with van der Waals surface area (Å²) in [7, 11) is 1.59. The summed E-state index contributed by atoms with van der Waals surface area (Å²) >= 11 is 0. The van der Waals surface area contributed by atoms with Crippen LogP contribution in [0.15, 0.2) is 12.1 Å². The summed E-state index contributed by atoms with van der Waals surface area (Å²) in [4.78, 5) is 0. The lowest BCUT2D eigenvalue weighted by Crippen LogP contribution is -2.14. The third-order valence-electron chi connectivity index (χ3n) is 2.27. The number of hydrogen-bond donors (Lipinski definition) is 1. The van der Waals surface area contributed by atoms with Gasteiger partial charge in [-0.2, -0.15) is 13.2 Å². The maximum atomic E-state index is 12.7.